The van der Waals surface area contributed by atoms with Crippen molar-refractivity contribution in [2.45, 2.75) is 31.5 Å². The van der Waals surface area contributed by atoms with Gasteiger partial charge in [-0.05, 0) is 12.8 Å². The van der Waals surface area contributed by atoms with Crippen LogP contribution in [0.1, 0.15) is 19.3 Å². The Hall–Kier alpha value is -1.91. The van der Waals surface area contributed by atoms with Crippen LogP contribution < -0.4 is 5.32 Å². The molecular weight excluding hydrogens is 277 g/mol. The predicted octanol–water partition coefficient (Wildman–Crippen LogP) is 1.45. The van der Waals surface area contributed by atoms with E-state index in [2.05, 4.69) is 11.2 Å². The number of nitrogens with one attached hydrogen (secondary N) is 1. The molecule has 0 saturated carbocycles. The lowest BCUT2D eigenvalue weighted by Crippen LogP contribution is -2.52. The van der Waals surface area contributed by atoms with Crippen molar-refractivity contribution in [3.8, 4) is 12.3 Å². The Labute approximate surface area is 114 Å². The van der Waals surface area contributed by atoms with Crippen molar-refractivity contribution >= 4 is 12.0 Å². The minimum absolute atomic E-state index is 0.0278. The van der Waals surface area contributed by atoms with Crippen molar-refractivity contribution < 1.29 is 27.9 Å². The van der Waals surface area contributed by atoms with Crippen molar-refractivity contribution in [3.05, 3.63) is 0 Å². The molecule has 0 aromatic heterocycles. The van der Waals surface area contributed by atoms with Gasteiger partial charge in [-0.25, -0.2) is 9.59 Å². The molecule has 1 rings (SSSR count). The Morgan fingerprint density at radius 3 is 2.65 bits per heavy atom. The standard InChI is InChI=1S/C12H15F3N2O3/c1-2-4-9(10(18)19)16-11(20)17-6-3-5-8(7-17)12(13,14)15/h1,8-9H,3-7H2,(H,16,20)(H,18,19). The zero-order chi connectivity index (χ0) is 15.3. The van der Waals surface area contributed by atoms with E-state index in [1.54, 1.807) is 0 Å². The summed E-state index contributed by atoms with van der Waals surface area (Å²) in [7, 11) is 0. The van der Waals surface area contributed by atoms with Gasteiger partial charge in [-0.15, -0.1) is 12.3 Å². The van der Waals surface area contributed by atoms with Crippen molar-refractivity contribution in [1.82, 2.24) is 10.2 Å². The van der Waals surface area contributed by atoms with Crippen LogP contribution in [0.5, 0.6) is 0 Å². The van der Waals surface area contributed by atoms with Crippen LogP contribution in [0, 0.1) is 18.3 Å². The highest BCUT2D eigenvalue weighted by atomic mass is 19.4. The van der Waals surface area contributed by atoms with Gasteiger partial charge in [-0.1, -0.05) is 0 Å². The number of halogens is 3. The van der Waals surface area contributed by atoms with Crippen LogP contribution in [-0.2, 0) is 4.79 Å². The third kappa shape index (κ3) is 4.33. The number of hydrogen-bond donors (Lipinski definition) is 2. The molecule has 8 heteroatoms. The Kier molecular flexibility index (Phi) is 5.25. The van der Waals surface area contributed by atoms with Gasteiger partial charge in [0.05, 0.1) is 5.92 Å². The van der Waals surface area contributed by atoms with E-state index >= 15 is 0 Å². The summed E-state index contributed by atoms with van der Waals surface area (Å²) in [5.74, 6) is -0.794. The quantitative estimate of drug-likeness (QED) is 0.773. The van der Waals surface area contributed by atoms with E-state index in [0.717, 1.165) is 4.90 Å². The summed E-state index contributed by atoms with van der Waals surface area (Å²) < 4.78 is 37.8. The van der Waals surface area contributed by atoms with E-state index in [4.69, 9.17) is 11.5 Å². The highest BCUT2D eigenvalue weighted by Crippen LogP contribution is 2.33. The van der Waals surface area contributed by atoms with Crippen molar-refractivity contribution in [2.24, 2.45) is 5.92 Å². The second-order valence-electron chi connectivity index (χ2n) is 4.58. The van der Waals surface area contributed by atoms with Gasteiger partial charge in [0.2, 0.25) is 0 Å². The Balaban J connectivity index is 2.63. The van der Waals surface area contributed by atoms with Crippen LogP contribution in [0.4, 0.5) is 18.0 Å². The summed E-state index contributed by atoms with van der Waals surface area (Å²) in [6, 6.07) is -2.12. The number of terminal acetylenes is 1. The van der Waals surface area contributed by atoms with E-state index in [-0.39, 0.29) is 25.8 Å². The lowest BCUT2D eigenvalue weighted by Gasteiger charge is -2.34. The summed E-state index contributed by atoms with van der Waals surface area (Å²) >= 11 is 0. The summed E-state index contributed by atoms with van der Waals surface area (Å²) in [6.07, 6.45) is 0.591. The smallest absolute Gasteiger partial charge is 0.393 e. The molecule has 5 nitrogen and oxygen atoms in total. The normalized spacial score (nSPS) is 20.9. The Morgan fingerprint density at radius 2 is 2.15 bits per heavy atom. The van der Waals surface area contributed by atoms with E-state index in [0.29, 0.717) is 0 Å². The second-order valence-corrected chi connectivity index (χ2v) is 4.58. The molecule has 2 N–H and O–H groups in total. The highest BCUT2D eigenvalue weighted by Gasteiger charge is 2.42. The molecule has 1 saturated heterocycles. The molecule has 0 bridgehead atoms. The average molecular weight is 292 g/mol. The topological polar surface area (TPSA) is 69.6 Å². The minimum atomic E-state index is -4.36. The molecular formula is C12H15F3N2O3. The number of hydrogen-bond acceptors (Lipinski definition) is 2. The first-order chi connectivity index (χ1) is 9.25. The van der Waals surface area contributed by atoms with Crippen LogP contribution in [0.2, 0.25) is 0 Å². The molecule has 0 radical (unpaired) electrons. The van der Waals surface area contributed by atoms with Gasteiger partial charge in [0.1, 0.15) is 6.04 Å². The number of nitrogens with zero attached hydrogens (tertiary/aromatic N) is 1. The Morgan fingerprint density at radius 1 is 1.50 bits per heavy atom. The van der Waals surface area contributed by atoms with Gasteiger partial charge >= 0.3 is 18.2 Å². The molecule has 2 unspecified atom stereocenters. The molecule has 1 fully saturated rings. The number of rotatable bonds is 3. The monoisotopic (exact) mass is 292 g/mol. The maximum absolute atomic E-state index is 12.6. The number of piperidine rings is 1. The number of amides is 2. The average Bonchev–Trinajstić information content (AvgIpc) is 2.37. The largest absolute Gasteiger partial charge is 0.480 e. The number of carbonyl (C=O) groups excluding carboxylic acids is 1. The fourth-order valence-electron chi connectivity index (χ4n) is 1.99. The fourth-order valence-corrected chi connectivity index (χ4v) is 1.99. The lowest BCUT2D eigenvalue weighted by atomic mass is 9.98. The van der Waals surface area contributed by atoms with Crippen molar-refractivity contribution in [1.29, 1.82) is 0 Å². The molecule has 2 amide bonds. The predicted molar refractivity (Wildman–Crippen MR) is 63.8 cm³/mol. The van der Waals surface area contributed by atoms with E-state index in [1.807, 2.05) is 0 Å². The summed E-state index contributed by atoms with van der Waals surface area (Å²) in [4.78, 5) is 23.6. The molecule has 0 spiro atoms. The van der Waals surface area contributed by atoms with E-state index < -0.39 is 36.7 Å². The van der Waals surface area contributed by atoms with Gasteiger partial charge in [-0.2, -0.15) is 13.2 Å². The number of carbonyl (C=O) groups is 2. The first kappa shape index (κ1) is 16.1. The molecule has 2 atom stereocenters. The Bertz CT molecular complexity index is 417. The molecule has 0 aromatic carbocycles. The zero-order valence-electron chi connectivity index (χ0n) is 10.6. The van der Waals surface area contributed by atoms with Crippen molar-refractivity contribution in [2.75, 3.05) is 13.1 Å². The van der Waals surface area contributed by atoms with Crippen molar-refractivity contribution in [3.63, 3.8) is 0 Å². The second kappa shape index (κ2) is 6.50. The molecule has 0 aromatic rings. The van der Waals surface area contributed by atoms with Gasteiger partial charge in [-0.3, -0.25) is 0 Å². The third-order valence-electron chi connectivity index (χ3n) is 3.09. The number of likely N-dealkylation sites (tertiary alicyclic amines) is 1. The van der Waals surface area contributed by atoms with E-state index in [1.165, 1.54) is 0 Å². The lowest BCUT2D eigenvalue weighted by molar-refractivity contribution is -0.184. The molecule has 1 aliphatic rings. The molecule has 20 heavy (non-hydrogen) atoms. The molecule has 0 aliphatic carbocycles. The molecule has 1 aliphatic heterocycles. The zero-order valence-corrected chi connectivity index (χ0v) is 10.6. The van der Waals surface area contributed by atoms with Crippen LogP contribution in [0.3, 0.4) is 0 Å². The number of carboxylic acid groups (broad SMARTS) is 1. The molecule has 112 valence electrons. The number of urea groups is 1. The van der Waals surface area contributed by atoms with Crippen LogP contribution >= 0.6 is 0 Å². The highest BCUT2D eigenvalue weighted by molar-refractivity contribution is 5.82. The number of aliphatic carboxylic acids is 1. The van der Waals surface area contributed by atoms with Gasteiger partial charge in [0, 0.05) is 19.5 Å². The van der Waals surface area contributed by atoms with Gasteiger partial charge in [0.15, 0.2) is 0 Å². The summed E-state index contributed by atoms with van der Waals surface area (Å²) in [5.41, 5.74) is 0. The first-order valence-electron chi connectivity index (χ1n) is 6.04. The third-order valence-corrected chi connectivity index (χ3v) is 3.09. The van der Waals surface area contributed by atoms with Crippen LogP contribution in [-0.4, -0.2) is 47.3 Å². The van der Waals surface area contributed by atoms with Gasteiger partial charge < -0.3 is 15.3 Å². The summed E-state index contributed by atoms with van der Waals surface area (Å²) in [6.45, 7) is -0.293. The minimum Gasteiger partial charge on any atom is -0.480 e. The number of carboxylic acids is 1. The van der Waals surface area contributed by atoms with E-state index in [9.17, 15) is 22.8 Å². The SMILES string of the molecule is C#CCC(NC(=O)N1CCCC(C(F)(F)F)C1)C(=O)O. The van der Waals surface area contributed by atoms with Crippen LogP contribution in [0.25, 0.3) is 0 Å². The maximum Gasteiger partial charge on any atom is 0.393 e. The summed E-state index contributed by atoms with van der Waals surface area (Å²) in [5, 5.41) is 11.0. The fraction of sp³-hybridized carbons (Fsp3) is 0.667. The number of alkyl halides is 3. The van der Waals surface area contributed by atoms with Gasteiger partial charge in [0.25, 0.3) is 0 Å². The maximum atomic E-state index is 12.6. The first-order valence-corrected chi connectivity index (χ1v) is 6.04. The van der Waals surface area contributed by atoms with Crippen LogP contribution in [0.15, 0.2) is 0 Å². The molecule has 1 heterocycles.